The Morgan fingerprint density at radius 1 is 1.18 bits per heavy atom. The Bertz CT molecular complexity index is 346. The number of rotatable bonds is 0. The molecule has 2 aromatic rings. The van der Waals surface area contributed by atoms with Crippen LogP contribution in [0.4, 0.5) is 0 Å². The molecule has 0 N–H and O–H groups in total. The van der Waals surface area contributed by atoms with Crippen molar-refractivity contribution >= 4 is 10.8 Å². The van der Waals surface area contributed by atoms with Gasteiger partial charge in [-0.3, -0.25) is 0 Å². The van der Waals surface area contributed by atoms with E-state index in [9.17, 15) is 0 Å². The standard InChI is InChI=1S/C10H9.Zr/c1-8-6-7-9-4-2-3-5-10(8)9;/h2-7H,1H3;/q-1;. The van der Waals surface area contributed by atoms with Crippen LogP contribution < -0.4 is 0 Å². The smallest absolute Gasteiger partial charge is 0 e. The number of aryl methyl sites for hydroxylation is 1. The molecule has 0 aliphatic carbocycles. The Balaban J connectivity index is 0.000000605. The van der Waals surface area contributed by atoms with Gasteiger partial charge in [0.05, 0.1) is 0 Å². The summed E-state index contributed by atoms with van der Waals surface area (Å²) in [4.78, 5) is 0. The Hall–Kier alpha value is -0.287. The van der Waals surface area contributed by atoms with E-state index in [1.807, 2.05) is 0 Å². The van der Waals surface area contributed by atoms with Crippen LogP contribution in [0.3, 0.4) is 0 Å². The van der Waals surface area contributed by atoms with Crippen molar-refractivity contribution in [1.29, 1.82) is 0 Å². The molecule has 0 nitrogen and oxygen atoms in total. The molecule has 54 valence electrons. The molecule has 0 amide bonds. The summed E-state index contributed by atoms with van der Waals surface area (Å²) in [7, 11) is 0. The fourth-order valence-corrected chi connectivity index (χ4v) is 1.31. The number of fused-ring (bicyclic) bond motifs is 1. The van der Waals surface area contributed by atoms with Gasteiger partial charge in [0.25, 0.3) is 0 Å². The average Bonchev–Trinajstić information content (AvgIpc) is 2.34. The van der Waals surface area contributed by atoms with Gasteiger partial charge in [-0.05, 0) is 0 Å². The Kier molecular flexibility index (Phi) is 2.73. The second kappa shape index (κ2) is 3.41. The van der Waals surface area contributed by atoms with Crippen molar-refractivity contribution in [2.24, 2.45) is 0 Å². The van der Waals surface area contributed by atoms with E-state index < -0.39 is 0 Å². The molecule has 0 unspecified atom stereocenters. The van der Waals surface area contributed by atoms with Gasteiger partial charge in [0.1, 0.15) is 0 Å². The second-order valence-electron chi connectivity index (χ2n) is 2.60. The second-order valence-corrected chi connectivity index (χ2v) is 2.60. The summed E-state index contributed by atoms with van der Waals surface area (Å²) in [6, 6.07) is 12.8. The molecule has 0 spiro atoms. The zero-order valence-electron chi connectivity index (χ0n) is 6.46. The predicted octanol–water partition coefficient (Wildman–Crippen LogP) is 2.86. The first-order valence-electron chi connectivity index (χ1n) is 3.49. The van der Waals surface area contributed by atoms with Gasteiger partial charge >= 0.3 is 0 Å². The van der Waals surface area contributed by atoms with Crippen LogP contribution in [-0.4, -0.2) is 0 Å². The molecule has 2 rings (SSSR count). The van der Waals surface area contributed by atoms with E-state index in [1.165, 1.54) is 16.3 Å². The normalized spacial score (nSPS) is 9.55. The van der Waals surface area contributed by atoms with Gasteiger partial charge in [0, 0.05) is 26.2 Å². The van der Waals surface area contributed by atoms with Crippen LogP contribution in [0.5, 0.6) is 0 Å². The zero-order valence-corrected chi connectivity index (χ0v) is 8.92. The largest absolute Gasteiger partial charge is 0.156 e. The zero-order chi connectivity index (χ0) is 6.97. The van der Waals surface area contributed by atoms with Crippen LogP contribution in [0.1, 0.15) is 5.56 Å². The molecule has 0 radical (unpaired) electrons. The van der Waals surface area contributed by atoms with E-state index in [1.54, 1.807) is 0 Å². The predicted molar refractivity (Wildman–Crippen MR) is 44.3 cm³/mol. The summed E-state index contributed by atoms with van der Waals surface area (Å²) in [6.45, 7) is 2.14. The molecule has 0 aliphatic rings. The molecular formula is C10H9Zr-. The molecule has 0 saturated heterocycles. The quantitative estimate of drug-likeness (QED) is 0.599. The minimum Gasteiger partial charge on any atom is -0.156 e. The summed E-state index contributed by atoms with van der Waals surface area (Å²) in [5.74, 6) is 0. The molecule has 0 heterocycles. The number of hydrogen-bond donors (Lipinski definition) is 0. The van der Waals surface area contributed by atoms with E-state index >= 15 is 0 Å². The molecular weight excluding hydrogens is 211 g/mol. The van der Waals surface area contributed by atoms with Gasteiger partial charge in [-0.15, -0.1) is 35.0 Å². The summed E-state index contributed by atoms with van der Waals surface area (Å²) < 4.78 is 0. The molecule has 0 aliphatic heterocycles. The van der Waals surface area contributed by atoms with Crippen molar-refractivity contribution in [3.63, 3.8) is 0 Å². The van der Waals surface area contributed by atoms with Gasteiger partial charge in [0.15, 0.2) is 0 Å². The van der Waals surface area contributed by atoms with Gasteiger partial charge < -0.3 is 0 Å². The molecule has 0 fully saturated rings. The van der Waals surface area contributed by atoms with Gasteiger partial charge in [-0.1, -0.05) is 13.0 Å². The van der Waals surface area contributed by atoms with Gasteiger partial charge in [-0.2, -0.15) is 11.6 Å². The monoisotopic (exact) mass is 219 g/mol. The summed E-state index contributed by atoms with van der Waals surface area (Å²) in [5.41, 5.74) is 1.37. The van der Waals surface area contributed by atoms with E-state index in [0.29, 0.717) is 0 Å². The first-order valence-corrected chi connectivity index (χ1v) is 3.49. The third kappa shape index (κ3) is 1.49. The topological polar surface area (TPSA) is 0 Å². The minimum atomic E-state index is 0. The molecule has 1 heteroatoms. The SMILES string of the molecule is Cc1c[cH-]c2ccccc12.[Zr]. The first-order chi connectivity index (χ1) is 4.88. The van der Waals surface area contributed by atoms with Gasteiger partial charge in [0.2, 0.25) is 0 Å². The number of hydrogen-bond acceptors (Lipinski definition) is 0. The van der Waals surface area contributed by atoms with Crippen LogP contribution in [0.25, 0.3) is 10.8 Å². The van der Waals surface area contributed by atoms with E-state index in [0.717, 1.165) is 0 Å². The molecule has 2 aromatic carbocycles. The molecule has 0 bridgehead atoms. The average molecular weight is 220 g/mol. The van der Waals surface area contributed by atoms with Crippen LogP contribution in [-0.2, 0) is 26.2 Å². The Labute approximate surface area is 85.7 Å². The van der Waals surface area contributed by atoms with Crippen molar-refractivity contribution in [3.8, 4) is 0 Å². The third-order valence-corrected chi connectivity index (χ3v) is 1.90. The fourth-order valence-electron chi connectivity index (χ4n) is 1.31. The molecule has 11 heavy (non-hydrogen) atoms. The number of benzene rings is 1. The maximum Gasteiger partial charge on any atom is 0 e. The van der Waals surface area contributed by atoms with Crippen molar-refractivity contribution in [2.75, 3.05) is 0 Å². The van der Waals surface area contributed by atoms with E-state index in [4.69, 9.17) is 0 Å². The van der Waals surface area contributed by atoms with Crippen molar-refractivity contribution < 1.29 is 26.2 Å². The maximum atomic E-state index is 2.16. The first kappa shape index (κ1) is 8.81. The summed E-state index contributed by atoms with van der Waals surface area (Å²) in [6.07, 6.45) is 0. The van der Waals surface area contributed by atoms with Crippen LogP contribution in [0.15, 0.2) is 36.4 Å². The minimum absolute atomic E-state index is 0. The Morgan fingerprint density at radius 3 is 2.64 bits per heavy atom. The third-order valence-electron chi connectivity index (χ3n) is 1.90. The Morgan fingerprint density at radius 2 is 1.91 bits per heavy atom. The van der Waals surface area contributed by atoms with E-state index in [2.05, 4.69) is 43.3 Å². The van der Waals surface area contributed by atoms with Crippen LogP contribution >= 0.6 is 0 Å². The van der Waals surface area contributed by atoms with Crippen molar-refractivity contribution in [3.05, 3.63) is 42.0 Å². The van der Waals surface area contributed by atoms with Crippen LogP contribution in [0, 0.1) is 6.92 Å². The van der Waals surface area contributed by atoms with Crippen molar-refractivity contribution in [1.82, 2.24) is 0 Å². The molecule has 0 atom stereocenters. The molecule has 0 aromatic heterocycles. The van der Waals surface area contributed by atoms with Gasteiger partial charge in [-0.25, -0.2) is 0 Å². The van der Waals surface area contributed by atoms with Crippen LogP contribution in [0.2, 0.25) is 0 Å². The molecule has 0 saturated carbocycles. The fraction of sp³-hybridized carbons (Fsp3) is 0.100. The summed E-state index contributed by atoms with van der Waals surface area (Å²) >= 11 is 0. The van der Waals surface area contributed by atoms with Crippen molar-refractivity contribution in [2.45, 2.75) is 6.92 Å². The summed E-state index contributed by atoms with van der Waals surface area (Å²) in [5, 5.41) is 2.72. The maximum absolute atomic E-state index is 2.16. The van der Waals surface area contributed by atoms with E-state index in [-0.39, 0.29) is 26.2 Å².